The number of anilines is 1. The zero-order valence-electron chi connectivity index (χ0n) is 12.1. The van der Waals surface area contributed by atoms with Gasteiger partial charge in [-0.3, -0.25) is 0 Å². The summed E-state index contributed by atoms with van der Waals surface area (Å²) in [6.07, 6.45) is 6.16. The van der Waals surface area contributed by atoms with E-state index in [0.29, 0.717) is 5.92 Å². The normalized spacial score (nSPS) is 24.0. The van der Waals surface area contributed by atoms with Gasteiger partial charge in [-0.25, -0.2) is 9.97 Å². The van der Waals surface area contributed by atoms with Gasteiger partial charge in [0.15, 0.2) is 0 Å². The molecule has 0 radical (unpaired) electrons. The van der Waals surface area contributed by atoms with E-state index in [2.05, 4.69) is 26.1 Å². The fourth-order valence-corrected chi connectivity index (χ4v) is 3.02. The average Bonchev–Trinajstić information content (AvgIpc) is 2.39. The smallest absolute Gasteiger partial charge is 0.134 e. The molecule has 0 aliphatic heterocycles. The van der Waals surface area contributed by atoms with Gasteiger partial charge in [0.2, 0.25) is 0 Å². The van der Waals surface area contributed by atoms with Gasteiger partial charge in [-0.2, -0.15) is 0 Å². The summed E-state index contributed by atoms with van der Waals surface area (Å²) in [5, 5.41) is 3.21. The first-order chi connectivity index (χ1) is 8.65. The van der Waals surface area contributed by atoms with E-state index in [1.165, 1.54) is 36.9 Å². The minimum atomic E-state index is 0.562. The second-order valence-corrected chi connectivity index (χ2v) is 5.57. The Morgan fingerprint density at radius 3 is 2.67 bits per heavy atom. The SMILES string of the molecule is CCc1nc(C2CCCC(C)C2)nc(NC)c1C. The highest BCUT2D eigenvalue weighted by Gasteiger charge is 2.23. The molecule has 3 nitrogen and oxygen atoms in total. The molecule has 2 atom stereocenters. The molecule has 18 heavy (non-hydrogen) atoms. The molecule has 1 aromatic heterocycles. The van der Waals surface area contributed by atoms with Crippen LogP contribution in [0.1, 0.15) is 62.5 Å². The third kappa shape index (κ3) is 2.65. The van der Waals surface area contributed by atoms with Crippen molar-refractivity contribution in [1.82, 2.24) is 9.97 Å². The Labute approximate surface area is 110 Å². The van der Waals surface area contributed by atoms with Crippen LogP contribution in [0.5, 0.6) is 0 Å². The van der Waals surface area contributed by atoms with E-state index in [4.69, 9.17) is 9.97 Å². The Morgan fingerprint density at radius 1 is 1.28 bits per heavy atom. The molecule has 1 aliphatic rings. The third-order valence-electron chi connectivity index (χ3n) is 4.14. The van der Waals surface area contributed by atoms with Crippen molar-refractivity contribution in [1.29, 1.82) is 0 Å². The lowest BCUT2D eigenvalue weighted by Gasteiger charge is -2.26. The first-order valence-corrected chi connectivity index (χ1v) is 7.20. The van der Waals surface area contributed by atoms with Crippen molar-refractivity contribution < 1.29 is 0 Å². The van der Waals surface area contributed by atoms with Crippen LogP contribution in [0, 0.1) is 12.8 Å². The molecule has 1 heterocycles. The van der Waals surface area contributed by atoms with Gasteiger partial charge >= 0.3 is 0 Å². The van der Waals surface area contributed by atoms with E-state index in [0.717, 1.165) is 24.0 Å². The van der Waals surface area contributed by atoms with E-state index in [1.54, 1.807) is 0 Å². The zero-order valence-corrected chi connectivity index (χ0v) is 12.1. The van der Waals surface area contributed by atoms with E-state index in [1.807, 2.05) is 7.05 Å². The molecule has 2 rings (SSSR count). The van der Waals surface area contributed by atoms with Crippen LogP contribution in [-0.4, -0.2) is 17.0 Å². The van der Waals surface area contributed by atoms with Gasteiger partial charge in [-0.1, -0.05) is 26.7 Å². The first-order valence-electron chi connectivity index (χ1n) is 7.20. The van der Waals surface area contributed by atoms with Crippen LogP contribution < -0.4 is 5.32 Å². The summed E-state index contributed by atoms with van der Waals surface area (Å²) in [6.45, 7) is 6.63. The highest BCUT2D eigenvalue weighted by Crippen LogP contribution is 2.35. The first kappa shape index (κ1) is 13.3. The number of hydrogen-bond acceptors (Lipinski definition) is 3. The van der Waals surface area contributed by atoms with Crippen LogP contribution in [0.25, 0.3) is 0 Å². The summed E-state index contributed by atoms with van der Waals surface area (Å²) in [5.74, 6) is 3.45. The topological polar surface area (TPSA) is 37.8 Å². The van der Waals surface area contributed by atoms with Crippen molar-refractivity contribution >= 4 is 5.82 Å². The highest BCUT2D eigenvalue weighted by atomic mass is 15.0. The Morgan fingerprint density at radius 2 is 2.06 bits per heavy atom. The molecule has 0 amide bonds. The number of aromatic nitrogens is 2. The van der Waals surface area contributed by atoms with E-state index in [9.17, 15) is 0 Å². The molecule has 0 spiro atoms. The summed E-state index contributed by atoms with van der Waals surface area (Å²) < 4.78 is 0. The van der Waals surface area contributed by atoms with Crippen molar-refractivity contribution in [3.05, 3.63) is 17.1 Å². The Bertz CT molecular complexity index is 389. The molecule has 0 saturated heterocycles. The predicted molar refractivity (Wildman–Crippen MR) is 76.1 cm³/mol. The van der Waals surface area contributed by atoms with Crippen molar-refractivity contribution in [2.75, 3.05) is 12.4 Å². The van der Waals surface area contributed by atoms with Crippen LogP contribution in [0.3, 0.4) is 0 Å². The molecular weight excluding hydrogens is 222 g/mol. The molecule has 0 bridgehead atoms. The van der Waals surface area contributed by atoms with Crippen LogP contribution in [0.15, 0.2) is 0 Å². The largest absolute Gasteiger partial charge is 0.373 e. The van der Waals surface area contributed by atoms with Crippen LogP contribution in [0.4, 0.5) is 5.82 Å². The fourth-order valence-electron chi connectivity index (χ4n) is 3.02. The second-order valence-electron chi connectivity index (χ2n) is 5.57. The third-order valence-corrected chi connectivity index (χ3v) is 4.14. The lowest BCUT2D eigenvalue weighted by Crippen LogP contribution is -2.16. The summed E-state index contributed by atoms with van der Waals surface area (Å²) in [5.41, 5.74) is 2.40. The molecule has 1 saturated carbocycles. The second kappa shape index (κ2) is 5.68. The van der Waals surface area contributed by atoms with Crippen LogP contribution in [-0.2, 0) is 6.42 Å². The van der Waals surface area contributed by atoms with Crippen molar-refractivity contribution in [3.8, 4) is 0 Å². The Balaban J connectivity index is 2.32. The lowest BCUT2D eigenvalue weighted by atomic mass is 9.82. The molecule has 0 aromatic carbocycles. The van der Waals surface area contributed by atoms with Gasteiger partial charge in [0.05, 0.1) is 0 Å². The van der Waals surface area contributed by atoms with Gasteiger partial charge in [-0.15, -0.1) is 0 Å². The van der Waals surface area contributed by atoms with Crippen molar-refractivity contribution in [3.63, 3.8) is 0 Å². The van der Waals surface area contributed by atoms with Crippen LogP contribution in [0.2, 0.25) is 0 Å². The molecule has 1 fully saturated rings. The van der Waals surface area contributed by atoms with Gasteiger partial charge in [0.1, 0.15) is 11.6 Å². The molecule has 1 aliphatic carbocycles. The summed E-state index contributed by atoms with van der Waals surface area (Å²) >= 11 is 0. The highest BCUT2D eigenvalue weighted by molar-refractivity contribution is 5.45. The summed E-state index contributed by atoms with van der Waals surface area (Å²) in [4.78, 5) is 9.54. The molecule has 1 N–H and O–H groups in total. The van der Waals surface area contributed by atoms with E-state index >= 15 is 0 Å². The molecule has 3 heteroatoms. The number of nitrogens with zero attached hydrogens (tertiary/aromatic N) is 2. The Hall–Kier alpha value is -1.12. The quantitative estimate of drug-likeness (QED) is 0.885. The van der Waals surface area contributed by atoms with Gasteiger partial charge in [-0.05, 0) is 32.1 Å². The maximum atomic E-state index is 4.81. The van der Waals surface area contributed by atoms with E-state index in [-0.39, 0.29) is 0 Å². The predicted octanol–water partition coefficient (Wildman–Crippen LogP) is 3.68. The number of aryl methyl sites for hydroxylation is 1. The van der Waals surface area contributed by atoms with E-state index < -0.39 is 0 Å². The van der Waals surface area contributed by atoms with Gasteiger partial charge < -0.3 is 5.32 Å². The van der Waals surface area contributed by atoms with Crippen molar-refractivity contribution in [2.45, 2.75) is 58.8 Å². The Kier molecular flexibility index (Phi) is 4.20. The van der Waals surface area contributed by atoms with Gasteiger partial charge in [0.25, 0.3) is 0 Å². The minimum Gasteiger partial charge on any atom is -0.373 e. The monoisotopic (exact) mass is 247 g/mol. The average molecular weight is 247 g/mol. The number of nitrogens with one attached hydrogen (secondary N) is 1. The standard InChI is InChI=1S/C15H25N3/c1-5-13-11(3)14(16-4)18-15(17-13)12-8-6-7-10(2)9-12/h10,12H,5-9H2,1-4H3,(H,16,17,18). The van der Waals surface area contributed by atoms with Crippen molar-refractivity contribution in [2.24, 2.45) is 5.92 Å². The lowest BCUT2D eigenvalue weighted by molar-refractivity contribution is 0.335. The molecular formula is C15H25N3. The molecule has 100 valence electrons. The van der Waals surface area contributed by atoms with Gasteiger partial charge in [0, 0.05) is 24.2 Å². The van der Waals surface area contributed by atoms with Crippen LogP contribution >= 0.6 is 0 Å². The minimum absolute atomic E-state index is 0.562. The maximum Gasteiger partial charge on any atom is 0.134 e. The maximum absolute atomic E-state index is 4.81. The summed E-state index contributed by atoms with van der Waals surface area (Å²) in [7, 11) is 1.95. The fraction of sp³-hybridized carbons (Fsp3) is 0.733. The zero-order chi connectivity index (χ0) is 13.1. The molecule has 2 unspecified atom stereocenters. The number of hydrogen-bond donors (Lipinski definition) is 1. The number of rotatable bonds is 3. The summed E-state index contributed by atoms with van der Waals surface area (Å²) in [6, 6.07) is 0. The molecule has 1 aromatic rings.